The number of benzene rings is 1. The quantitative estimate of drug-likeness (QED) is 0.193. The average molecular weight is 458 g/mol. The first kappa shape index (κ1) is 24.4. The molecule has 2 fully saturated rings. The topological polar surface area (TPSA) is 185 Å². The van der Waals surface area contributed by atoms with E-state index in [4.69, 9.17) is 23.7 Å². The minimum absolute atomic E-state index is 0.0493. The molecule has 0 aromatic heterocycles. The van der Waals surface area contributed by atoms with Crippen molar-refractivity contribution < 1.29 is 59.1 Å². The van der Waals surface area contributed by atoms with Crippen LogP contribution in [-0.4, -0.2) is 106 Å². The lowest BCUT2D eigenvalue weighted by atomic mass is 10.1. The van der Waals surface area contributed by atoms with E-state index in [-0.39, 0.29) is 18.1 Å². The molecule has 1 aromatic carbocycles. The number of hydrogen-bond acceptors (Lipinski definition) is 12. The summed E-state index contributed by atoms with van der Waals surface area (Å²) >= 11 is 0. The van der Waals surface area contributed by atoms with Crippen molar-refractivity contribution in [2.45, 2.75) is 49.2 Å². The van der Waals surface area contributed by atoms with Crippen LogP contribution in [0.2, 0.25) is 0 Å². The van der Waals surface area contributed by atoms with Crippen LogP contribution in [0, 0.1) is 0 Å². The summed E-state index contributed by atoms with van der Waals surface area (Å²) in [4.78, 5) is 12.0. The summed E-state index contributed by atoms with van der Waals surface area (Å²) in [5, 5.41) is 59.0. The second-order valence-electron chi connectivity index (χ2n) is 7.30. The number of carbonyl (C=O) groups is 1. The molecule has 12 nitrogen and oxygen atoms in total. The summed E-state index contributed by atoms with van der Waals surface area (Å²) in [5.41, 5.74) is 0.566. The van der Waals surface area contributed by atoms with Crippen molar-refractivity contribution in [1.82, 2.24) is 0 Å². The number of aliphatic hydroxyl groups excluding tert-OH is 5. The van der Waals surface area contributed by atoms with Crippen molar-refractivity contribution in [2.75, 3.05) is 20.3 Å². The maximum atomic E-state index is 12.0. The molecule has 0 bridgehead atoms. The Balaban J connectivity index is 1.51. The van der Waals surface area contributed by atoms with Crippen LogP contribution < -0.4 is 4.74 Å². The van der Waals surface area contributed by atoms with Gasteiger partial charge in [-0.15, -0.1) is 0 Å². The highest BCUT2D eigenvalue weighted by molar-refractivity contribution is 5.87. The fourth-order valence-corrected chi connectivity index (χ4v) is 3.23. The third-order valence-corrected chi connectivity index (χ3v) is 5.06. The largest absolute Gasteiger partial charge is 0.504 e. The number of hydrogen-bond donors (Lipinski definition) is 6. The molecular formula is C20H26O12. The molecule has 2 heterocycles. The van der Waals surface area contributed by atoms with Gasteiger partial charge in [-0.2, -0.15) is 0 Å². The fourth-order valence-electron chi connectivity index (χ4n) is 3.23. The van der Waals surface area contributed by atoms with Crippen molar-refractivity contribution in [2.24, 2.45) is 0 Å². The number of aromatic hydroxyl groups is 1. The zero-order valence-corrected chi connectivity index (χ0v) is 17.1. The molecule has 32 heavy (non-hydrogen) atoms. The molecular weight excluding hydrogens is 432 g/mol. The molecule has 8 atom stereocenters. The SMILES string of the molecule is COc1cc(/C=C/C(=O)OC[C@@H]2O[C@@H](O)[C@H](O[C@@H]3OC[C@@H](O)[C@H](O)[C@H]3O)[C@H]2O)ccc1O. The number of rotatable bonds is 7. The second-order valence-corrected chi connectivity index (χ2v) is 7.30. The Hall–Kier alpha value is -2.29. The summed E-state index contributed by atoms with van der Waals surface area (Å²) in [7, 11) is 1.39. The van der Waals surface area contributed by atoms with E-state index in [2.05, 4.69) is 0 Å². The first-order valence-electron chi connectivity index (χ1n) is 9.76. The fraction of sp³-hybridized carbons (Fsp3) is 0.550. The lowest BCUT2D eigenvalue weighted by molar-refractivity contribution is -0.299. The Morgan fingerprint density at radius 3 is 2.62 bits per heavy atom. The first-order chi connectivity index (χ1) is 15.2. The van der Waals surface area contributed by atoms with Gasteiger partial charge in [-0.1, -0.05) is 6.07 Å². The average Bonchev–Trinajstić information content (AvgIpc) is 3.04. The van der Waals surface area contributed by atoms with Crippen molar-refractivity contribution >= 4 is 12.0 Å². The molecule has 1 aromatic rings. The Kier molecular flexibility index (Phi) is 8.03. The number of aliphatic hydroxyl groups is 5. The van der Waals surface area contributed by atoms with Crippen LogP contribution in [-0.2, 0) is 23.7 Å². The Labute approximate surface area is 182 Å². The molecule has 0 radical (unpaired) electrons. The van der Waals surface area contributed by atoms with Gasteiger partial charge in [-0.25, -0.2) is 4.79 Å². The van der Waals surface area contributed by atoms with E-state index in [1.807, 2.05) is 0 Å². The molecule has 2 saturated heterocycles. The molecule has 3 rings (SSSR count). The van der Waals surface area contributed by atoms with Crippen molar-refractivity contribution in [3.63, 3.8) is 0 Å². The van der Waals surface area contributed by atoms with E-state index in [0.29, 0.717) is 5.56 Å². The summed E-state index contributed by atoms with van der Waals surface area (Å²) in [5.74, 6) is -0.571. The highest BCUT2D eigenvalue weighted by atomic mass is 16.7. The van der Waals surface area contributed by atoms with E-state index in [1.165, 1.54) is 25.3 Å². The summed E-state index contributed by atoms with van der Waals surface area (Å²) in [6.45, 7) is -0.724. The van der Waals surface area contributed by atoms with E-state index < -0.39 is 61.8 Å². The van der Waals surface area contributed by atoms with Crippen LogP contribution in [0.1, 0.15) is 5.56 Å². The van der Waals surface area contributed by atoms with Gasteiger partial charge in [0, 0.05) is 6.08 Å². The highest BCUT2D eigenvalue weighted by Gasteiger charge is 2.48. The zero-order valence-electron chi connectivity index (χ0n) is 17.1. The Morgan fingerprint density at radius 1 is 1.16 bits per heavy atom. The summed E-state index contributed by atoms with van der Waals surface area (Å²) < 4.78 is 25.6. The van der Waals surface area contributed by atoms with Gasteiger partial charge in [0.1, 0.15) is 43.2 Å². The van der Waals surface area contributed by atoms with Crippen molar-refractivity contribution in [1.29, 1.82) is 0 Å². The Morgan fingerprint density at radius 2 is 1.91 bits per heavy atom. The number of methoxy groups -OCH3 is 1. The van der Waals surface area contributed by atoms with Crippen LogP contribution >= 0.6 is 0 Å². The first-order valence-corrected chi connectivity index (χ1v) is 9.76. The van der Waals surface area contributed by atoms with Gasteiger partial charge in [0.05, 0.1) is 13.7 Å². The molecule has 2 aliphatic heterocycles. The molecule has 0 saturated carbocycles. The van der Waals surface area contributed by atoms with Gasteiger partial charge in [0.2, 0.25) is 0 Å². The minimum atomic E-state index is -1.62. The van der Waals surface area contributed by atoms with Gasteiger partial charge < -0.3 is 54.3 Å². The monoisotopic (exact) mass is 458 g/mol. The van der Waals surface area contributed by atoms with Crippen LogP contribution in [0.4, 0.5) is 0 Å². The van der Waals surface area contributed by atoms with Gasteiger partial charge in [-0.05, 0) is 23.8 Å². The summed E-state index contributed by atoms with van der Waals surface area (Å²) in [6.07, 6.45) is -8.86. The lowest BCUT2D eigenvalue weighted by Crippen LogP contribution is -2.55. The third-order valence-electron chi connectivity index (χ3n) is 5.06. The number of carbonyl (C=O) groups excluding carboxylic acids is 1. The van der Waals surface area contributed by atoms with E-state index in [1.54, 1.807) is 6.07 Å². The van der Waals surface area contributed by atoms with Gasteiger partial charge in [-0.3, -0.25) is 0 Å². The molecule has 0 spiro atoms. The molecule has 0 unspecified atom stereocenters. The van der Waals surface area contributed by atoms with Crippen molar-refractivity contribution in [3.8, 4) is 11.5 Å². The maximum Gasteiger partial charge on any atom is 0.330 e. The number of phenolic OH excluding ortho intramolecular Hbond substituents is 1. The van der Waals surface area contributed by atoms with Gasteiger partial charge >= 0.3 is 5.97 Å². The number of ether oxygens (including phenoxy) is 5. The number of esters is 1. The zero-order chi connectivity index (χ0) is 23.4. The third kappa shape index (κ3) is 5.54. The van der Waals surface area contributed by atoms with Gasteiger partial charge in [0.15, 0.2) is 24.1 Å². The van der Waals surface area contributed by atoms with Crippen LogP contribution in [0.3, 0.4) is 0 Å². The molecule has 2 aliphatic rings. The van der Waals surface area contributed by atoms with E-state index >= 15 is 0 Å². The van der Waals surface area contributed by atoms with Crippen LogP contribution in [0.15, 0.2) is 24.3 Å². The predicted molar refractivity (Wildman–Crippen MR) is 104 cm³/mol. The normalized spacial score (nSPS) is 35.2. The predicted octanol–water partition coefficient (Wildman–Crippen LogP) is -2.14. The Bertz CT molecular complexity index is 814. The maximum absolute atomic E-state index is 12.0. The van der Waals surface area contributed by atoms with E-state index in [0.717, 1.165) is 6.08 Å². The molecule has 12 heteroatoms. The molecule has 0 aliphatic carbocycles. The van der Waals surface area contributed by atoms with E-state index in [9.17, 15) is 35.4 Å². The number of phenols is 1. The summed E-state index contributed by atoms with van der Waals surface area (Å²) in [6, 6.07) is 4.47. The molecule has 0 amide bonds. The smallest absolute Gasteiger partial charge is 0.330 e. The van der Waals surface area contributed by atoms with Crippen LogP contribution in [0.25, 0.3) is 6.08 Å². The minimum Gasteiger partial charge on any atom is -0.504 e. The lowest BCUT2D eigenvalue weighted by Gasteiger charge is -2.36. The van der Waals surface area contributed by atoms with Gasteiger partial charge in [0.25, 0.3) is 0 Å². The standard InChI is InChI=1S/C20H26O12/c1-28-12-6-9(2-4-10(12)21)3-5-14(23)29-8-13-16(25)18(19(27)31-13)32-20-17(26)15(24)11(22)7-30-20/h2-6,11,13,15-22,24-27H,7-8H2,1H3/b5-3+/t11-,13+,15+,16+,17-,18-,19-,20+/m1/s1. The molecule has 6 N–H and O–H groups in total. The highest BCUT2D eigenvalue weighted by Crippen LogP contribution is 2.28. The van der Waals surface area contributed by atoms with Crippen molar-refractivity contribution in [3.05, 3.63) is 29.8 Å². The molecule has 178 valence electrons. The van der Waals surface area contributed by atoms with Crippen LogP contribution in [0.5, 0.6) is 11.5 Å². The second kappa shape index (κ2) is 10.6.